The Morgan fingerprint density at radius 3 is 2.33 bits per heavy atom. The van der Waals surface area contributed by atoms with Crippen molar-refractivity contribution in [3.8, 4) is 5.75 Å². The predicted molar refractivity (Wildman–Crippen MR) is 152 cm³/mol. The van der Waals surface area contributed by atoms with Crippen LogP contribution in [0.15, 0.2) is 28.7 Å². The van der Waals surface area contributed by atoms with Crippen molar-refractivity contribution in [2.24, 2.45) is 17.6 Å². The second-order valence-electron chi connectivity index (χ2n) is 12.1. The van der Waals surface area contributed by atoms with Crippen molar-refractivity contribution < 1.29 is 39.6 Å². The zero-order valence-electron chi connectivity index (χ0n) is 24.0. The van der Waals surface area contributed by atoms with Crippen LogP contribution in [-0.4, -0.2) is 101 Å². The third-order valence-corrected chi connectivity index (χ3v) is 9.11. The molecule has 4 aliphatic carbocycles. The maximum atomic E-state index is 14.1. The van der Waals surface area contributed by atoms with Crippen LogP contribution in [0.5, 0.6) is 5.75 Å². The highest BCUT2D eigenvalue weighted by Crippen LogP contribution is 2.53. The van der Waals surface area contributed by atoms with Crippen molar-refractivity contribution in [1.29, 1.82) is 0 Å². The van der Waals surface area contributed by atoms with Gasteiger partial charge in [0.05, 0.1) is 23.8 Å². The van der Waals surface area contributed by atoms with E-state index in [4.69, 9.17) is 5.73 Å². The number of amides is 2. The van der Waals surface area contributed by atoms with Crippen LogP contribution in [0, 0.1) is 11.8 Å². The number of fused-ring (bicyclic) bond motifs is 3. The first-order chi connectivity index (χ1) is 19.7. The zero-order valence-corrected chi connectivity index (χ0v) is 24.0. The van der Waals surface area contributed by atoms with Crippen molar-refractivity contribution >= 4 is 34.8 Å². The summed E-state index contributed by atoms with van der Waals surface area (Å²) >= 11 is 0. The summed E-state index contributed by atoms with van der Waals surface area (Å²) in [6, 6.07) is 0.779. The van der Waals surface area contributed by atoms with Gasteiger partial charge in [0, 0.05) is 37.3 Å². The molecule has 0 heterocycles. The van der Waals surface area contributed by atoms with Gasteiger partial charge in [0.1, 0.15) is 17.1 Å². The molecule has 13 nitrogen and oxygen atoms in total. The van der Waals surface area contributed by atoms with E-state index in [9.17, 15) is 39.6 Å². The normalized spacial score (nSPS) is 27.3. The molecule has 2 amide bonds. The summed E-state index contributed by atoms with van der Waals surface area (Å²) in [5.74, 6) is -7.66. The van der Waals surface area contributed by atoms with Crippen molar-refractivity contribution in [2.45, 2.75) is 49.8 Å². The molecule has 5 rings (SSSR count). The van der Waals surface area contributed by atoms with E-state index in [0.717, 1.165) is 19.3 Å². The Kier molecular flexibility index (Phi) is 7.32. The molecule has 4 atom stereocenters. The largest absolute Gasteiger partial charge is 0.510 e. The van der Waals surface area contributed by atoms with E-state index in [1.807, 2.05) is 0 Å². The van der Waals surface area contributed by atoms with Gasteiger partial charge in [-0.25, -0.2) is 0 Å². The number of carbonyl (C=O) groups excluding carboxylic acids is 4. The van der Waals surface area contributed by atoms with Crippen LogP contribution in [0.1, 0.15) is 41.6 Å². The Morgan fingerprint density at radius 2 is 1.79 bits per heavy atom. The van der Waals surface area contributed by atoms with Crippen LogP contribution >= 0.6 is 0 Å². The average molecular weight is 584 g/mol. The number of ketones is 2. The van der Waals surface area contributed by atoms with Crippen LogP contribution < -0.4 is 21.3 Å². The molecule has 0 saturated heterocycles. The minimum Gasteiger partial charge on any atom is -0.510 e. The first-order valence-corrected chi connectivity index (χ1v) is 13.9. The molecule has 1 fully saturated rings. The first kappa shape index (κ1) is 29.5. The van der Waals surface area contributed by atoms with Gasteiger partial charge < -0.3 is 41.7 Å². The number of allylic oxidation sites excluding steroid dienone is 1. The minimum atomic E-state index is -2.72. The van der Waals surface area contributed by atoms with Crippen molar-refractivity contribution in [2.75, 3.05) is 45.0 Å². The van der Waals surface area contributed by atoms with Crippen LogP contribution in [0.4, 0.5) is 11.4 Å². The second kappa shape index (κ2) is 10.4. The van der Waals surface area contributed by atoms with E-state index >= 15 is 0 Å². The van der Waals surface area contributed by atoms with Crippen LogP contribution in [-0.2, 0) is 20.8 Å². The number of phenolic OH excluding ortho intramolecular Hbond substituents is 1. The average Bonchev–Trinajstić information content (AvgIpc) is 2.86. The number of phenols is 1. The fourth-order valence-corrected chi connectivity index (χ4v) is 6.84. The lowest BCUT2D eigenvalue weighted by Gasteiger charge is -2.50. The molecule has 13 heteroatoms. The Labute approximate surface area is 242 Å². The minimum absolute atomic E-state index is 0.00225. The number of benzene rings is 1. The number of hydrogen-bond acceptors (Lipinski definition) is 11. The van der Waals surface area contributed by atoms with Crippen molar-refractivity contribution in [1.82, 2.24) is 10.2 Å². The van der Waals surface area contributed by atoms with Gasteiger partial charge >= 0.3 is 0 Å². The molecule has 0 aromatic heterocycles. The van der Waals surface area contributed by atoms with Gasteiger partial charge in [0.2, 0.25) is 11.7 Å². The SMILES string of the molecule is CN(C)c1cc(NC(=O)CNC2CCC2)c(O)c2c1CC1CC3[C@H](N(C)C)C(O)=C(C(N)=O)C(=O)[C@@]3(O)C(O)=C1C2=O. The Bertz CT molecular complexity index is 1460. The van der Waals surface area contributed by atoms with Gasteiger partial charge in [-0.05, 0) is 57.3 Å². The molecule has 2 unspecified atom stereocenters. The molecule has 1 saturated carbocycles. The summed E-state index contributed by atoms with van der Waals surface area (Å²) in [7, 11) is 6.65. The van der Waals surface area contributed by atoms with Crippen molar-refractivity contribution in [3.05, 3.63) is 39.9 Å². The molecule has 226 valence electrons. The van der Waals surface area contributed by atoms with E-state index in [-0.39, 0.29) is 42.3 Å². The Hall–Kier alpha value is -3.94. The van der Waals surface area contributed by atoms with E-state index in [1.54, 1.807) is 39.2 Å². The van der Waals surface area contributed by atoms with E-state index < -0.39 is 69.7 Å². The highest BCUT2D eigenvalue weighted by atomic mass is 16.3. The fraction of sp³-hybridized carbons (Fsp3) is 0.517. The van der Waals surface area contributed by atoms with Gasteiger partial charge in [-0.2, -0.15) is 0 Å². The van der Waals surface area contributed by atoms with Crippen LogP contribution in [0.2, 0.25) is 0 Å². The van der Waals surface area contributed by atoms with Gasteiger partial charge in [-0.1, -0.05) is 6.42 Å². The van der Waals surface area contributed by atoms with Crippen LogP contribution in [0.3, 0.4) is 0 Å². The monoisotopic (exact) mass is 583 g/mol. The quantitative estimate of drug-likeness (QED) is 0.171. The number of primary amides is 1. The molecular weight excluding hydrogens is 546 g/mol. The summed E-state index contributed by atoms with van der Waals surface area (Å²) in [4.78, 5) is 55.6. The zero-order chi connectivity index (χ0) is 30.8. The number of likely N-dealkylation sites (N-methyl/N-ethyl adjacent to an activating group) is 1. The molecule has 0 aliphatic heterocycles. The summed E-state index contributed by atoms with van der Waals surface area (Å²) < 4.78 is 0. The standard InChI is InChI=1S/C29H37N5O8/c1-33(2)17-10-16(32-18(35)11-31-13-6-5-7-13)23(36)20-14(17)8-12-9-15-22(34(3)4)25(38)21(28(30)41)27(40)29(15,42)26(39)19(12)24(20)37/h10,12-13,15,22,31,36,38-39,42H,5-9,11H2,1-4H3,(H2,30,41)(H,32,35)/t12?,15?,22-,29-/m0/s1. The van der Waals surface area contributed by atoms with Gasteiger partial charge in [-0.15, -0.1) is 0 Å². The van der Waals surface area contributed by atoms with Gasteiger partial charge in [-0.3, -0.25) is 24.1 Å². The summed E-state index contributed by atoms with van der Waals surface area (Å²) in [5, 5.41) is 51.2. The second-order valence-corrected chi connectivity index (χ2v) is 12.1. The van der Waals surface area contributed by atoms with Gasteiger partial charge in [0.15, 0.2) is 17.1 Å². The number of anilines is 2. The number of rotatable bonds is 7. The number of aliphatic hydroxyl groups excluding tert-OH is 2. The topological polar surface area (TPSA) is 206 Å². The van der Waals surface area contributed by atoms with E-state index in [0.29, 0.717) is 11.3 Å². The van der Waals surface area contributed by atoms with E-state index in [2.05, 4.69) is 10.6 Å². The summed E-state index contributed by atoms with van der Waals surface area (Å²) in [5.41, 5.74) is 2.41. The van der Waals surface area contributed by atoms with Crippen molar-refractivity contribution in [3.63, 3.8) is 0 Å². The molecule has 1 aromatic carbocycles. The predicted octanol–water partition coefficient (Wildman–Crippen LogP) is 0.267. The number of nitrogens with zero attached hydrogens (tertiary/aromatic N) is 2. The lowest BCUT2D eigenvalue weighted by atomic mass is 9.58. The Balaban J connectivity index is 1.61. The number of carbonyl (C=O) groups is 4. The number of aromatic hydroxyl groups is 1. The van der Waals surface area contributed by atoms with E-state index in [1.165, 1.54) is 4.90 Å². The molecule has 0 spiro atoms. The number of Topliss-reactive ketones (excluding diaryl/α,β-unsaturated/α-hetero) is 2. The lowest BCUT2D eigenvalue weighted by molar-refractivity contribution is -0.148. The molecule has 1 aromatic rings. The lowest BCUT2D eigenvalue weighted by Crippen LogP contribution is -2.63. The third kappa shape index (κ3) is 4.34. The smallest absolute Gasteiger partial charge is 0.255 e. The molecule has 42 heavy (non-hydrogen) atoms. The maximum Gasteiger partial charge on any atom is 0.255 e. The highest BCUT2D eigenvalue weighted by molar-refractivity contribution is 6.25. The molecule has 4 aliphatic rings. The number of nitrogens with two attached hydrogens (primary N) is 1. The number of nitrogens with one attached hydrogen (secondary N) is 2. The fourth-order valence-electron chi connectivity index (χ4n) is 6.84. The molecule has 0 radical (unpaired) electrons. The maximum absolute atomic E-state index is 14.1. The molecule has 0 bridgehead atoms. The third-order valence-electron chi connectivity index (χ3n) is 9.11. The summed E-state index contributed by atoms with van der Waals surface area (Å²) in [6.45, 7) is 0.0204. The summed E-state index contributed by atoms with van der Waals surface area (Å²) in [6.07, 6.45) is 3.20. The van der Waals surface area contributed by atoms with Crippen LogP contribution in [0.25, 0.3) is 0 Å². The first-order valence-electron chi connectivity index (χ1n) is 13.9. The highest BCUT2D eigenvalue weighted by Gasteiger charge is 2.63. The molecular formula is C29H37N5O8. The molecule has 8 N–H and O–H groups in total. The Morgan fingerprint density at radius 1 is 1.12 bits per heavy atom. The van der Waals surface area contributed by atoms with Gasteiger partial charge in [0.25, 0.3) is 5.91 Å². The number of hydrogen-bond donors (Lipinski definition) is 7. The number of aliphatic hydroxyl groups is 3.